The van der Waals surface area contributed by atoms with Crippen molar-refractivity contribution in [1.82, 2.24) is 0 Å². The smallest absolute Gasteiger partial charge is 0.324 e. The van der Waals surface area contributed by atoms with E-state index in [-0.39, 0.29) is 0 Å². The van der Waals surface area contributed by atoms with Gasteiger partial charge in [0.25, 0.3) is 11.4 Å². The van der Waals surface area contributed by atoms with Crippen LogP contribution in [-0.2, 0) is 6.42 Å². The fourth-order valence-electron chi connectivity index (χ4n) is 3.22. The molecule has 0 fully saturated rings. The number of ether oxygens (including phenoxy) is 2. The number of nitro groups is 3. The number of aliphatic imine (C=N–C) groups is 1. The average molecular weight is 462 g/mol. The molecule has 1 N–H and O–H groups in total. The molecule has 2 aromatic rings. The molecule has 176 valence electrons. The third-order valence-electron chi connectivity index (χ3n) is 4.75. The van der Waals surface area contributed by atoms with Crippen molar-refractivity contribution in [3.63, 3.8) is 0 Å². The zero-order chi connectivity index (χ0) is 24.7. The first kappa shape index (κ1) is 25.0. The van der Waals surface area contributed by atoms with Crippen molar-refractivity contribution in [3.05, 3.63) is 65.7 Å². The molecule has 1 aliphatic rings. The van der Waals surface area contributed by atoms with Gasteiger partial charge in [0.1, 0.15) is 0 Å². The highest BCUT2D eigenvalue weighted by molar-refractivity contribution is 6.03. The van der Waals surface area contributed by atoms with E-state index in [0.717, 1.165) is 37.3 Å². The predicted molar refractivity (Wildman–Crippen MR) is 118 cm³/mol. The normalized spacial score (nSPS) is 11.9. The molecular formula is C20H22N4O9. The molecule has 13 heteroatoms. The summed E-state index contributed by atoms with van der Waals surface area (Å²) in [6, 6.07) is 5.03. The Morgan fingerprint density at radius 3 is 1.94 bits per heavy atom. The number of rotatable bonds is 7. The molecule has 33 heavy (non-hydrogen) atoms. The van der Waals surface area contributed by atoms with Crippen molar-refractivity contribution in [2.75, 3.05) is 20.8 Å². The molecule has 0 atom stereocenters. The topological polar surface area (TPSA) is 180 Å². The quantitative estimate of drug-likeness (QED) is 0.470. The Labute approximate surface area is 187 Å². The van der Waals surface area contributed by atoms with Crippen LogP contribution in [0.2, 0.25) is 0 Å². The number of phenols is 1. The van der Waals surface area contributed by atoms with Crippen LogP contribution in [0.15, 0.2) is 29.3 Å². The third kappa shape index (κ3) is 5.70. The van der Waals surface area contributed by atoms with Crippen LogP contribution in [0.25, 0.3) is 0 Å². The predicted octanol–water partition coefficient (Wildman–Crippen LogP) is 3.97. The van der Waals surface area contributed by atoms with E-state index in [2.05, 4.69) is 24.0 Å². The maximum atomic E-state index is 10.4. The van der Waals surface area contributed by atoms with E-state index >= 15 is 0 Å². The molecule has 0 aliphatic carbocycles. The molecule has 0 amide bonds. The summed E-state index contributed by atoms with van der Waals surface area (Å²) in [6.45, 7) is 3.06. The van der Waals surface area contributed by atoms with Gasteiger partial charge in [-0.15, -0.1) is 0 Å². The van der Waals surface area contributed by atoms with Crippen LogP contribution >= 0.6 is 0 Å². The molecule has 1 aliphatic heterocycles. The van der Waals surface area contributed by atoms with Crippen LogP contribution in [0.4, 0.5) is 17.1 Å². The fraction of sp³-hybridized carbons (Fsp3) is 0.350. The Morgan fingerprint density at radius 2 is 1.48 bits per heavy atom. The van der Waals surface area contributed by atoms with Crippen LogP contribution in [0.3, 0.4) is 0 Å². The summed E-state index contributed by atoms with van der Waals surface area (Å²) < 4.78 is 10.7. The first-order valence-electron chi connectivity index (χ1n) is 9.73. The number of nitrogens with zero attached hydrogens (tertiary/aromatic N) is 4. The van der Waals surface area contributed by atoms with E-state index in [1.54, 1.807) is 14.2 Å². The Bertz CT molecular complexity index is 1080. The maximum Gasteiger partial charge on any atom is 0.324 e. The minimum atomic E-state index is -1.21. The number of non-ortho nitro benzene ring substituents is 1. The van der Waals surface area contributed by atoms with Crippen molar-refractivity contribution in [1.29, 1.82) is 0 Å². The summed E-state index contributed by atoms with van der Waals surface area (Å²) in [6.07, 6.45) is 3.14. The second-order valence-electron chi connectivity index (χ2n) is 6.80. The second-order valence-corrected chi connectivity index (χ2v) is 6.80. The highest BCUT2D eigenvalue weighted by Crippen LogP contribution is 2.39. The van der Waals surface area contributed by atoms with Gasteiger partial charge in [0.05, 0.1) is 41.1 Å². The summed E-state index contributed by atoms with van der Waals surface area (Å²) in [5.41, 5.74) is 0.754. The lowest BCUT2D eigenvalue weighted by Crippen LogP contribution is -2.13. The van der Waals surface area contributed by atoms with E-state index < -0.39 is 37.6 Å². The van der Waals surface area contributed by atoms with Gasteiger partial charge in [-0.1, -0.05) is 13.3 Å². The van der Waals surface area contributed by atoms with Gasteiger partial charge in [-0.3, -0.25) is 35.3 Å². The lowest BCUT2D eigenvalue weighted by atomic mass is 9.94. The number of hydrogen-bond acceptors (Lipinski definition) is 10. The van der Waals surface area contributed by atoms with Crippen LogP contribution in [-0.4, -0.2) is 46.4 Å². The van der Waals surface area contributed by atoms with E-state index in [4.69, 9.17) is 14.6 Å². The standard InChI is InChI=1S/C14H19NO2.C6H3N3O7/c1-4-5-12-11-9-14(17-3)13(16-2)8-10(11)6-7-15-12;10-6-4(8(13)14)1-3(7(11)12)2-5(6)9(15)16/h8-9H,4-7H2,1-3H3;1-2,10H. The molecule has 3 rings (SSSR count). The zero-order valence-corrected chi connectivity index (χ0v) is 18.1. The average Bonchev–Trinajstić information content (AvgIpc) is 2.78. The van der Waals surface area contributed by atoms with Gasteiger partial charge in [-0.05, 0) is 30.5 Å². The number of nitro benzene ring substituents is 3. The van der Waals surface area contributed by atoms with Crippen molar-refractivity contribution in [3.8, 4) is 17.2 Å². The highest BCUT2D eigenvalue weighted by atomic mass is 16.6. The minimum absolute atomic E-state index is 0.447. The van der Waals surface area contributed by atoms with Crippen LogP contribution in [0, 0.1) is 30.3 Å². The number of fused-ring (bicyclic) bond motifs is 1. The third-order valence-corrected chi connectivity index (χ3v) is 4.75. The van der Waals surface area contributed by atoms with Crippen LogP contribution in [0.1, 0.15) is 30.9 Å². The SMILES string of the molecule is CCCC1=NCCc2cc(OC)c(OC)cc21.O=[N+]([O-])c1cc([N+](=O)[O-])c(O)c([N+](=O)[O-])c1. The minimum Gasteiger partial charge on any atom is -0.497 e. The first-order valence-corrected chi connectivity index (χ1v) is 9.73. The lowest BCUT2D eigenvalue weighted by molar-refractivity contribution is -0.404. The summed E-state index contributed by atoms with van der Waals surface area (Å²) in [5.74, 6) is 0.390. The van der Waals surface area contributed by atoms with Gasteiger partial charge in [-0.2, -0.15) is 0 Å². The van der Waals surface area contributed by atoms with Crippen LogP contribution in [0.5, 0.6) is 17.2 Å². The molecule has 0 bridgehead atoms. The number of phenolic OH excluding ortho intramolecular Hbond substituents is 1. The van der Waals surface area contributed by atoms with Gasteiger partial charge >= 0.3 is 11.4 Å². The maximum absolute atomic E-state index is 10.4. The van der Waals surface area contributed by atoms with E-state index in [9.17, 15) is 30.3 Å². The summed E-state index contributed by atoms with van der Waals surface area (Å²) in [4.78, 5) is 32.4. The molecule has 0 unspecified atom stereocenters. The fourth-order valence-corrected chi connectivity index (χ4v) is 3.22. The van der Waals surface area contributed by atoms with Gasteiger partial charge in [-0.25, -0.2) is 0 Å². The van der Waals surface area contributed by atoms with Crippen molar-refractivity contribution < 1.29 is 29.4 Å². The lowest BCUT2D eigenvalue weighted by Gasteiger charge is -2.19. The number of hydrogen-bond donors (Lipinski definition) is 1. The molecule has 0 saturated carbocycles. The molecular weight excluding hydrogens is 440 g/mol. The number of benzene rings is 2. The molecule has 0 saturated heterocycles. The summed E-state index contributed by atoms with van der Waals surface area (Å²) >= 11 is 0. The Kier molecular flexibility index (Phi) is 8.20. The Balaban J connectivity index is 0.000000234. The van der Waals surface area contributed by atoms with Gasteiger partial charge in [0, 0.05) is 17.8 Å². The summed E-state index contributed by atoms with van der Waals surface area (Å²) in [7, 11) is 3.35. The molecule has 0 radical (unpaired) electrons. The van der Waals surface area contributed by atoms with Gasteiger partial charge in [0.2, 0.25) is 0 Å². The first-order chi connectivity index (χ1) is 15.6. The van der Waals surface area contributed by atoms with Gasteiger partial charge < -0.3 is 14.6 Å². The van der Waals surface area contributed by atoms with E-state index in [0.29, 0.717) is 12.1 Å². The largest absolute Gasteiger partial charge is 0.497 e. The number of methoxy groups -OCH3 is 2. The molecule has 2 aromatic carbocycles. The van der Waals surface area contributed by atoms with Crippen molar-refractivity contribution in [2.24, 2.45) is 4.99 Å². The molecule has 0 aromatic heterocycles. The van der Waals surface area contributed by atoms with E-state index in [1.165, 1.54) is 16.8 Å². The Hall–Kier alpha value is -4.29. The van der Waals surface area contributed by atoms with E-state index in [1.807, 2.05) is 0 Å². The van der Waals surface area contributed by atoms with Gasteiger partial charge in [0.15, 0.2) is 11.5 Å². The summed E-state index contributed by atoms with van der Waals surface area (Å²) in [5, 5.41) is 40.2. The monoisotopic (exact) mass is 462 g/mol. The molecule has 13 nitrogen and oxygen atoms in total. The second kappa shape index (κ2) is 10.8. The van der Waals surface area contributed by atoms with Crippen LogP contribution < -0.4 is 9.47 Å². The zero-order valence-electron chi connectivity index (χ0n) is 18.1. The highest BCUT2D eigenvalue weighted by Gasteiger charge is 2.30. The van der Waals surface area contributed by atoms with Crippen molar-refractivity contribution in [2.45, 2.75) is 26.2 Å². The molecule has 1 heterocycles. The molecule has 0 spiro atoms. The van der Waals surface area contributed by atoms with Crippen molar-refractivity contribution >= 4 is 22.8 Å². The number of aromatic hydroxyl groups is 1. The Morgan fingerprint density at radius 1 is 0.939 bits per heavy atom.